The van der Waals surface area contributed by atoms with Gasteiger partial charge in [-0.25, -0.2) is 9.78 Å². The molecule has 0 saturated carbocycles. The van der Waals surface area contributed by atoms with E-state index in [4.69, 9.17) is 9.47 Å². The molecule has 31 heavy (non-hydrogen) atoms. The van der Waals surface area contributed by atoms with Gasteiger partial charge in [0.1, 0.15) is 11.1 Å². The Morgan fingerprint density at radius 2 is 1.84 bits per heavy atom. The fraction of sp³-hybridized carbons (Fsp3) is 0.0800. The van der Waals surface area contributed by atoms with Crippen LogP contribution in [0.15, 0.2) is 66.7 Å². The molecule has 152 valence electrons. The number of aryl methyl sites for hydroxylation is 1. The van der Waals surface area contributed by atoms with Crippen LogP contribution in [0.3, 0.4) is 0 Å². The standard InChI is InChI=1S/C25H18N2O3S/c1-16-7-10-18(11-8-16)25(28)30-21-12-9-17(14-22(21)29-2)13-19(15-26)24-27-20-5-3-4-6-23(20)31-24/h3-14H,1-2H3/b19-13+. The predicted molar refractivity (Wildman–Crippen MR) is 122 cm³/mol. The van der Waals surface area contributed by atoms with Crippen LogP contribution in [0.1, 0.15) is 26.5 Å². The first-order valence-corrected chi connectivity index (χ1v) is 10.3. The summed E-state index contributed by atoms with van der Waals surface area (Å²) in [4.78, 5) is 17.0. The van der Waals surface area contributed by atoms with E-state index in [9.17, 15) is 10.1 Å². The van der Waals surface area contributed by atoms with Crippen LogP contribution in [-0.2, 0) is 0 Å². The maximum atomic E-state index is 12.4. The van der Waals surface area contributed by atoms with Gasteiger partial charge in [0.15, 0.2) is 11.5 Å². The Morgan fingerprint density at radius 1 is 1.06 bits per heavy atom. The average Bonchev–Trinajstić information content (AvgIpc) is 3.22. The normalized spacial score (nSPS) is 11.2. The highest BCUT2D eigenvalue weighted by molar-refractivity contribution is 7.19. The van der Waals surface area contributed by atoms with E-state index in [1.165, 1.54) is 18.4 Å². The second-order valence-electron chi connectivity index (χ2n) is 6.82. The van der Waals surface area contributed by atoms with Crippen molar-refractivity contribution in [3.8, 4) is 17.6 Å². The van der Waals surface area contributed by atoms with Gasteiger partial charge in [-0.1, -0.05) is 35.9 Å². The molecule has 4 rings (SSSR count). The number of benzene rings is 3. The van der Waals surface area contributed by atoms with Crippen molar-refractivity contribution >= 4 is 39.2 Å². The van der Waals surface area contributed by atoms with E-state index in [-0.39, 0.29) is 0 Å². The second-order valence-corrected chi connectivity index (χ2v) is 7.85. The molecule has 0 unspecified atom stereocenters. The van der Waals surface area contributed by atoms with E-state index in [2.05, 4.69) is 11.1 Å². The van der Waals surface area contributed by atoms with Crippen molar-refractivity contribution in [1.82, 2.24) is 4.98 Å². The van der Waals surface area contributed by atoms with Gasteiger partial charge in [-0.15, -0.1) is 11.3 Å². The highest BCUT2D eigenvalue weighted by Crippen LogP contribution is 2.32. The molecule has 0 aliphatic carbocycles. The number of allylic oxidation sites excluding steroid dienone is 1. The molecular weight excluding hydrogens is 408 g/mol. The monoisotopic (exact) mass is 426 g/mol. The molecule has 0 amide bonds. The number of carbonyl (C=O) groups excluding carboxylic acids is 1. The van der Waals surface area contributed by atoms with E-state index >= 15 is 0 Å². The van der Waals surface area contributed by atoms with Crippen molar-refractivity contribution in [2.45, 2.75) is 6.92 Å². The number of thiazole rings is 1. The highest BCUT2D eigenvalue weighted by Gasteiger charge is 2.14. The third-order valence-corrected chi connectivity index (χ3v) is 5.70. The Labute approximate surface area is 183 Å². The van der Waals surface area contributed by atoms with Gasteiger partial charge >= 0.3 is 5.97 Å². The second kappa shape index (κ2) is 8.82. The van der Waals surface area contributed by atoms with E-state index in [0.29, 0.717) is 27.6 Å². The minimum atomic E-state index is -0.464. The Balaban J connectivity index is 1.61. The van der Waals surface area contributed by atoms with Crippen molar-refractivity contribution in [2.24, 2.45) is 0 Å². The predicted octanol–water partition coefficient (Wildman–Crippen LogP) is 5.90. The molecule has 0 N–H and O–H groups in total. The van der Waals surface area contributed by atoms with Gasteiger partial charge in [-0.3, -0.25) is 0 Å². The molecule has 0 fully saturated rings. The fourth-order valence-electron chi connectivity index (χ4n) is 3.00. The van der Waals surface area contributed by atoms with Crippen LogP contribution in [0.2, 0.25) is 0 Å². The summed E-state index contributed by atoms with van der Waals surface area (Å²) < 4.78 is 11.9. The molecule has 0 aliphatic heterocycles. The highest BCUT2D eigenvalue weighted by atomic mass is 32.1. The Morgan fingerprint density at radius 3 is 2.55 bits per heavy atom. The molecule has 0 spiro atoms. The summed E-state index contributed by atoms with van der Waals surface area (Å²) in [5, 5.41) is 10.3. The molecule has 0 bridgehead atoms. The van der Waals surface area contributed by atoms with Gasteiger partial charge < -0.3 is 9.47 Å². The Hall–Kier alpha value is -3.95. The van der Waals surface area contributed by atoms with Crippen LogP contribution in [0.5, 0.6) is 11.5 Å². The number of hydrogen-bond donors (Lipinski definition) is 0. The van der Waals surface area contributed by atoms with E-state index in [1.807, 2.05) is 43.3 Å². The van der Waals surface area contributed by atoms with Crippen LogP contribution in [0, 0.1) is 18.3 Å². The number of fused-ring (bicyclic) bond motifs is 1. The number of hydrogen-bond acceptors (Lipinski definition) is 6. The molecule has 0 radical (unpaired) electrons. The third kappa shape index (κ3) is 4.47. The molecule has 5 nitrogen and oxygen atoms in total. The first-order valence-electron chi connectivity index (χ1n) is 9.52. The molecule has 3 aromatic carbocycles. The van der Waals surface area contributed by atoms with Crippen LogP contribution in [0.25, 0.3) is 21.9 Å². The van der Waals surface area contributed by atoms with Crippen molar-refractivity contribution in [3.63, 3.8) is 0 Å². The lowest BCUT2D eigenvalue weighted by Crippen LogP contribution is -2.09. The van der Waals surface area contributed by atoms with Gasteiger partial charge in [-0.2, -0.15) is 5.26 Å². The maximum Gasteiger partial charge on any atom is 0.343 e. The first kappa shape index (κ1) is 20.3. The summed E-state index contributed by atoms with van der Waals surface area (Å²) in [5.74, 6) is 0.244. The zero-order valence-electron chi connectivity index (χ0n) is 17.0. The van der Waals surface area contributed by atoms with E-state index in [1.54, 1.807) is 36.4 Å². The summed E-state index contributed by atoms with van der Waals surface area (Å²) in [6.45, 7) is 1.95. The number of ether oxygens (including phenoxy) is 2. The zero-order chi connectivity index (χ0) is 21.8. The summed E-state index contributed by atoms with van der Waals surface area (Å²) in [7, 11) is 1.50. The van der Waals surface area contributed by atoms with E-state index < -0.39 is 5.97 Å². The number of rotatable bonds is 5. The number of aromatic nitrogens is 1. The quantitative estimate of drug-likeness (QED) is 0.226. The molecule has 1 aromatic heterocycles. The largest absolute Gasteiger partial charge is 0.493 e. The smallest absolute Gasteiger partial charge is 0.343 e. The van der Waals surface area contributed by atoms with Gasteiger partial charge in [-0.05, 0) is 55.0 Å². The molecule has 0 saturated heterocycles. The molecule has 1 heterocycles. The lowest BCUT2D eigenvalue weighted by atomic mass is 10.1. The molecule has 0 atom stereocenters. The van der Waals surface area contributed by atoms with Crippen LogP contribution in [0.4, 0.5) is 0 Å². The van der Waals surface area contributed by atoms with Crippen LogP contribution < -0.4 is 9.47 Å². The Bertz CT molecular complexity index is 1300. The first-order chi connectivity index (χ1) is 15.1. The van der Waals surface area contributed by atoms with Crippen molar-refractivity contribution in [1.29, 1.82) is 5.26 Å². The van der Waals surface area contributed by atoms with Gasteiger partial charge in [0.25, 0.3) is 0 Å². The summed E-state index contributed by atoms with van der Waals surface area (Å²) in [6, 6.07) is 22.3. The lowest BCUT2D eigenvalue weighted by molar-refractivity contribution is 0.0729. The van der Waals surface area contributed by atoms with Gasteiger partial charge in [0, 0.05) is 0 Å². The number of nitriles is 1. The molecule has 6 heteroatoms. The minimum Gasteiger partial charge on any atom is -0.493 e. The topological polar surface area (TPSA) is 72.2 Å². The molecule has 4 aromatic rings. The number of carbonyl (C=O) groups is 1. The maximum absolute atomic E-state index is 12.4. The molecular formula is C25H18N2O3S. The molecule has 0 aliphatic rings. The third-order valence-electron chi connectivity index (χ3n) is 4.63. The minimum absolute atomic E-state index is 0.309. The summed E-state index contributed by atoms with van der Waals surface area (Å²) in [5.41, 5.74) is 3.57. The average molecular weight is 426 g/mol. The number of nitrogens with zero attached hydrogens (tertiary/aromatic N) is 2. The lowest BCUT2D eigenvalue weighted by Gasteiger charge is -2.10. The number of methoxy groups -OCH3 is 1. The van der Waals surface area contributed by atoms with Gasteiger partial charge in [0.05, 0.1) is 28.5 Å². The van der Waals surface area contributed by atoms with Crippen molar-refractivity contribution in [3.05, 3.63) is 88.4 Å². The summed E-state index contributed by atoms with van der Waals surface area (Å²) >= 11 is 1.47. The van der Waals surface area contributed by atoms with E-state index in [0.717, 1.165) is 21.3 Å². The fourth-order valence-corrected chi connectivity index (χ4v) is 3.93. The van der Waals surface area contributed by atoms with Gasteiger partial charge in [0.2, 0.25) is 0 Å². The Kier molecular flexibility index (Phi) is 5.78. The zero-order valence-corrected chi connectivity index (χ0v) is 17.8. The van der Waals surface area contributed by atoms with Crippen molar-refractivity contribution in [2.75, 3.05) is 7.11 Å². The van der Waals surface area contributed by atoms with Crippen molar-refractivity contribution < 1.29 is 14.3 Å². The number of para-hydroxylation sites is 1. The SMILES string of the molecule is COc1cc(/C=C(\C#N)c2nc3ccccc3s2)ccc1OC(=O)c1ccc(C)cc1. The van der Waals surface area contributed by atoms with Crippen LogP contribution in [-0.4, -0.2) is 18.1 Å². The van der Waals surface area contributed by atoms with Crippen LogP contribution >= 0.6 is 11.3 Å². The summed E-state index contributed by atoms with van der Waals surface area (Å²) in [6.07, 6.45) is 1.74. The number of esters is 1.